The number of nitrogens with zero attached hydrogens (tertiary/aromatic N) is 2. The van der Waals surface area contributed by atoms with E-state index in [1.54, 1.807) is 16.1 Å². The first-order valence-electron chi connectivity index (χ1n) is 11.9. The third kappa shape index (κ3) is 6.53. The van der Waals surface area contributed by atoms with Gasteiger partial charge in [-0.1, -0.05) is 32.8 Å². The molecule has 0 N–H and O–H groups in total. The lowest BCUT2D eigenvalue weighted by atomic mass is 9.97. The quantitative estimate of drug-likeness (QED) is 0.450. The van der Waals surface area contributed by atoms with Crippen molar-refractivity contribution in [2.75, 3.05) is 13.3 Å². The Kier molecular flexibility index (Phi) is 8.80. The van der Waals surface area contributed by atoms with E-state index in [-0.39, 0.29) is 37.1 Å². The van der Waals surface area contributed by atoms with Crippen molar-refractivity contribution in [3.63, 3.8) is 0 Å². The molecule has 7 nitrogen and oxygen atoms in total. The fraction of sp³-hybridized carbons (Fsp3) is 0.538. The molecule has 1 atom stereocenters. The van der Waals surface area contributed by atoms with E-state index < -0.39 is 0 Å². The molecule has 0 saturated carbocycles. The summed E-state index contributed by atoms with van der Waals surface area (Å²) in [6, 6.07) is 9.28. The zero-order valence-corrected chi connectivity index (χ0v) is 20.2. The fourth-order valence-corrected chi connectivity index (χ4v) is 4.03. The molecule has 0 radical (unpaired) electrons. The highest BCUT2D eigenvalue weighted by Crippen LogP contribution is 2.33. The van der Waals surface area contributed by atoms with Crippen LogP contribution in [0.25, 0.3) is 0 Å². The van der Waals surface area contributed by atoms with E-state index in [2.05, 4.69) is 6.92 Å². The number of hydrogen-bond donors (Lipinski definition) is 0. The summed E-state index contributed by atoms with van der Waals surface area (Å²) >= 11 is 0. The first kappa shape index (κ1) is 24.7. The molecule has 1 aliphatic heterocycles. The summed E-state index contributed by atoms with van der Waals surface area (Å²) in [5.74, 6) is 1.98. The van der Waals surface area contributed by atoms with E-state index in [4.69, 9.17) is 13.9 Å². The molecule has 7 heteroatoms. The van der Waals surface area contributed by atoms with Crippen molar-refractivity contribution in [1.29, 1.82) is 0 Å². The Labute approximate surface area is 196 Å². The average Bonchev–Trinajstić information content (AvgIpc) is 3.48. The van der Waals surface area contributed by atoms with E-state index in [0.717, 1.165) is 31.2 Å². The van der Waals surface area contributed by atoms with Crippen LogP contribution in [0.3, 0.4) is 0 Å². The second-order valence-corrected chi connectivity index (χ2v) is 8.82. The monoisotopic (exact) mass is 456 g/mol. The van der Waals surface area contributed by atoms with Gasteiger partial charge in [-0.15, -0.1) is 0 Å². The molecular weight excluding hydrogens is 420 g/mol. The number of benzene rings is 1. The lowest BCUT2D eigenvalue weighted by Crippen LogP contribution is -2.47. The maximum absolute atomic E-state index is 13.5. The van der Waals surface area contributed by atoms with Crippen LogP contribution in [-0.2, 0) is 22.7 Å². The SMILES string of the molecule is CCCC[C@@H](CC)C(=O)N(CC(=O)N(Cc1ccc2c(c1)OCO2)Cc1ccco1)C(C)C. The molecule has 0 saturated heterocycles. The predicted octanol–water partition coefficient (Wildman–Crippen LogP) is 4.99. The molecule has 33 heavy (non-hydrogen) atoms. The van der Waals surface area contributed by atoms with Crippen LogP contribution in [0.4, 0.5) is 0 Å². The number of carbonyl (C=O) groups excluding carboxylic acids is 2. The van der Waals surface area contributed by atoms with Gasteiger partial charge in [-0.2, -0.15) is 0 Å². The smallest absolute Gasteiger partial charge is 0.242 e. The van der Waals surface area contributed by atoms with Gasteiger partial charge in [0.25, 0.3) is 0 Å². The van der Waals surface area contributed by atoms with Crippen LogP contribution >= 0.6 is 0 Å². The summed E-state index contributed by atoms with van der Waals surface area (Å²) in [5, 5.41) is 0. The highest BCUT2D eigenvalue weighted by molar-refractivity contribution is 5.86. The van der Waals surface area contributed by atoms with Crippen molar-refractivity contribution in [1.82, 2.24) is 9.80 Å². The molecule has 0 aliphatic carbocycles. The zero-order chi connectivity index (χ0) is 23.8. The number of hydrogen-bond acceptors (Lipinski definition) is 5. The molecule has 0 bridgehead atoms. The number of ether oxygens (including phenoxy) is 2. The topological polar surface area (TPSA) is 72.2 Å². The normalized spacial score (nSPS) is 13.2. The Morgan fingerprint density at radius 2 is 1.85 bits per heavy atom. The Morgan fingerprint density at radius 3 is 2.52 bits per heavy atom. The van der Waals surface area contributed by atoms with Crippen LogP contribution in [0.1, 0.15) is 64.7 Å². The maximum atomic E-state index is 13.5. The molecule has 3 rings (SSSR count). The first-order chi connectivity index (χ1) is 15.9. The van der Waals surface area contributed by atoms with Crippen molar-refractivity contribution in [2.45, 2.75) is 72.5 Å². The van der Waals surface area contributed by atoms with Gasteiger partial charge in [0.15, 0.2) is 11.5 Å². The third-order valence-electron chi connectivity index (χ3n) is 6.05. The summed E-state index contributed by atoms with van der Waals surface area (Å²) in [4.78, 5) is 30.2. The number of rotatable bonds is 12. The fourth-order valence-electron chi connectivity index (χ4n) is 4.03. The van der Waals surface area contributed by atoms with Crippen molar-refractivity contribution >= 4 is 11.8 Å². The number of carbonyl (C=O) groups is 2. The van der Waals surface area contributed by atoms with Crippen molar-refractivity contribution in [3.05, 3.63) is 47.9 Å². The number of unbranched alkanes of at least 4 members (excludes halogenated alkanes) is 1. The first-order valence-corrected chi connectivity index (χ1v) is 11.9. The summed E-state index contributed by atoms with van der Waals surface area (Å²) in [6.07, 6.45) is 5.30. The van der Waals surface area contributed by atoms with Crippen LogP contribution in [-0.4, -0.2) is 41.0 Å². The van der Waals surface area contributed by atoms with Crippen LogP contribution in [0.15, 0.2) is 41.0 Å². The largest absolute Gasteiger partial charge is 0.467 e. The van der Waals surface area contributed by atoms with E-state index in [0.29, 0.717) is 30.3 Å². The van der Waals surface area contributed by atoms with E-state index in [1.807, 2.05) is 51.1 Å². The predicted molar refractivity (Wildman–Crippen MR) is 126 cm³/mol. The molecule has 2 heterocycles. The van der Waals surface area contributed by atoms with Crippen molar-refractivity contribution in [3.8, 4) is 11.5 Å². The van der Waals surface area contributed by atoms with E-state index in [1.165, 1.54) is 0 Å². The molecule has 1 aromatic carbocycles. The van der Waals surface area contributed by atoms with Gasteiger partial charge < -0.3 is 23.7 Å². The summed E-state index contributed by atoms with van der Waals surface area (Å²) in [6.45, 7) is 9.06. The average molecular weight is 457 g/mol. The molecule has 0 fully saturated rings. The second-order valence-electron chi connectivity index (χ2n) is 8.82. The second kappa shape index (κ2) is 11.8. The standard InChI is InChI=1S/C26H36N2O5/c1-5-7-9-21(6-2)26(30)28(19(3)4)17-25(29)27(16-22-10-8-13-31-22)15-20-11-12-23-24(14-20)33-18-32-23/h8,10-14,19,21H,5-7,9,15-18H2,1-4H3/t21-/m1/s1. The lowest BCUT2D eigenvalue weighted by molar-refractivity contribution is -0.145. The van der Waals surface area contributed by atoms with Gasteiger partial charge in [0.05, 0.1) is 12.8 Å². The third-order valence-corrected chi connectivity index (χ3v) is 6.05. The molecule has 2 aromatic rings. The van der Waals surface area contributed by atoms with Crippen molar-refractivity contribution in [2.24, 2.45) is 5.92 Å². The van der Waals surface area contributed by atoms with Crippen molar-refractivity contribution < 1.29 is 23.5 Å². The summed E-state index contributed by atoms with van der Waals surface area (Å²) in [5.41, 5.74) is 0.927. The lowest BCUT2D eigenvalue weighted by Gasteiger charge is -2.32. The number of amides is 2. The minimum Gasteiger partial charge on any atom is -0.467 e. The van der Waals surface area contributed by atoms with Crippen LogP contribution in [0, 0.1) is 5.92 Å². The highest BCUT2D eigenvalue weighted by atomic mass is 16.7. The van der Waals surface area contributed by atoms with Crippen LogP contribution < -0.4 is 9.47 Å². The van der Waals surface area contributed by atoms with Gasteiger partial charge in [0.1, 0.15) is 12.3 Å². The molecule has 1 aromatic heterocycles. The molecule has 2 amide bonds. The Balaban J connectivity index is 1.76. The van der Waals surface area contributed by atoms with Gasteiger partial charge in [0.2, 0.25) is 18.6 Å². The van der Waals surface area contributed by atoms with Gasteiger partial charge in [-0.3, -0.25) is 9.59 Å². The highest BCUT2D eigenvalue weighted by Gasteiger charge is 2.28. The molecule has 0 unspecified atom stereocenters. The van der Waals surface area contributed by atoms with Crippen LogP contribution in [0.5, 0.6) is 11.5 Å². The zero-order valence-electron chi connectivity index (χ0n) is 20.2. The molecule has 0 spiro atoms. The molecule has 1 aliphatic rings. The van der Waals surface area contributed by atoms with Gasteiger partial charge >= 0.3 is 0 Å². The minimum absolute atomic E-state index is 0.0460. The molecular formula is C26H36N2O5. The Bertz CT molecular complexity index is 909. The van der Waals surface area contributed by atoms with Gasteiger partial charge in [-0.25, -0.2) is 0 Å². The molecule has 180 valence electrons. The van der Waals surface area contributed by atoms with Gasteiger partial charge in [0, 0.05) is 18.5 Å². The van der Waals surface area contributed by atoms with E-state index >= 15 is 0 Å². The Hall–Kier alpha value is -2.96. The summed E-state index contributed by atoms with van der Waals surface area (Å²) in [7, 11) is 0. The Morgan fingerprint density at radius 1 is 1.06 bits per heavy atom. The van der Waals surface area contributed by atoms with Crippen LogP contribution in [0.2, 0.25) is 0 Å². The minimum atomic E-state index is -0.114. The maximum Gasteiger partial charge on any atom is 0.242 e. The summed E-state index contributed by atoms with van der Waals surface area (Å²) < 4.78 is 16.4. The number of fused-ring (bicyclic) bond motifs is 1. The van der Waals surface area contributed by atoms with E-state index in [9.17, 15) is 9.59 Å². The number of furan rings is 1. The van der Waals surface area contributed by atoms with Gasteiger partial charge in [-0.05, 0) is 56.5 Å².